The molecule has 0 unspecified atom stereocenters. The third kappa shape index (κ3) is 4.02. The van der Waals surface area contributed by atoms with Crippen molar-refractivity contribution < 1.29 is 19.2 Å². The summed E-state index contributed by atoms with van der Waals surface area (Å²) >= 11 is 0. The molecule has 158 valence electrons. The molecule has 1 aliphatic carbocycles. The zero-order valence-corrected chi connectivity index (χ0v) is 18.2. The van der Waals surface area contributed by atoms with E-state index in [0.717, 1.165) is 13.1 Å². The van der Waals surface area contributed by atoms with Gasteiger partial charge in [-0.25, -0.2) is 4.79 Å². The largest absolute Gasteiger partial charge is 0.461 e. The highest BCUT2D eigenvalue weighted by Crippen LogP contribution is 2.56. The molecule has 3 aliphatic rings. The Morgan fingerprint density at radius 2 is 1.90 bits per heavy atom. The van der Waals surface area contributed by atoms with Crippen LogP contribution in [0.4, 0.5) is 0 Å². The molecule has 1 N–H and O–H groups in total. The maximum Gasteiger partial charge on any atom is 0.361 e. The molecule has 29 heavy (non-hydrogen) atoms. The van der Waals surface area contributed by atoms with Crippen LogP contribution in [0.25, 0.3) is 0 Å². The summed E-state index contributed by atoms with van der Waals surface area (Å²) in [6.45, 7) is 10.6. The zero-order chi connectivity index (χ0) is 20.4. The quantitative estimate of drug-likeness (QED) is 0.612. The maximum absolute atomic E-state index is 12.6. The molecule has 1 aromatic carbocycles. The summed E-state index contributed by atoms with van der Waals surface area (Å²) in [4.78, 5) is 14.0. The van der Waals surface area contributed by atoms with Crippen molar-refractivity contribution in [2.45, 2.75) is 46.1 Å². The molecule has 4 nitrogen and oxygen atoms in total. The minimum Gasteiger partial charge on any atom is -0.461 e. The Kier molecular flexibility index (Phi) is 6.12. The highest BCUT2D eigenvalue weighted by molar-refractivity contribution is 5.70. The number of carbonyl (C=O) groups is 1. The fraction of sp³-hybridized carbons (Fsp3) is 0.640. The fourth-order valence-corrected chi connectivity index (χ4v) is 5.90. The number of nitrogens with one attached hydrogen (secondary N) is 1. The van der Waals surface area contributed by atoms with Gasteiger partial charge in [-0.05, 0) is 43.6 Å². The molecule has 4 heteroatoms. The number of benzene rings is 1. The van der Waals surface area contributed by atoms with Gasteiger partial charge >= 0.3 is 5.97 Å². The number of piperidine rings is 1. The van der Waals surface area contributed by atoms with E-state index in [4.69, 9.17) is 9.47 Å². The predicted octanol–water partition coefficient (Wildman–Crippen LogP) is 3.20. The monoisotopic (exact) mass is 398 g/mol. The predicted molar refractivity (Wildman–Crippen MR) is 114 cm³/mol. The van der Waals surface area contributed by atoms with E-state index >= 15 is 0 Å². The molecule has 1 aromatic rings. The van der Waals surface area contributed by atoms with Crippen LogP contribution < -0.4 is 4.90 Å². The van der Waals surface area contributed by atoms with Gasteiger partial charge in [-0.3, -0.25) is 0 Å². The van der Waals surface area contributed by atoms with Gasteiger partial charge in [0.1, 0.15) is 6.61 Å². The van der Waals surface area contributed by atoms with Crippen LogP contribution in [0.3, 0.4) is 0 Å². The van der Waals surface area contributed by atoms with Crippen molar-refractivity contribution in [2.24, 2.45) is 23.2 Å². The van der Waals surface area contributed by atoms with Gasteiger partial charge in [-0.1, -0.05) is 55.8 Å². The molecular weight excluding hydrogens is 362 g/mol. The van der Waals surface area contributed by atoms with E-state index in [1.54, 1.807) is 0 Å². The van der Waals surface area contributed by atoms with Crippen LogP contribution in [0.5, 0.6) is 0 Å². The Balaban J connectivity index is 1.47. The zero-order valence-electron chi connectivity index (χ0n) is 18.2. The number of fused-ring (bicyclic) bond motifs is 2. The molecule has 0 amide bonds. The molecule has 0 radical (unpaired) electrons. The lowest BCUT2D eigenvalue weighted by Gasteiger charge is -2.55. The number of likely N-dealkylation sites (tertiary alicyclic amines) is 1. The summed E-state index contributed by atoms with van der Waals surface area (Å²) < 4.78 is 12.4. The molecule has 0 spiro atoms. The van der Waals surface area contributed by atoms with Crippen LogP contribution in [-0.2, 0) is 14.3 Å². The highest BCUT2D eigenvalue weighted by Gasteiger charge is 2.54. The van der Waals surface area contributed by atoms with Crippen LogP contribution in [0.15, 0.2) is 42.0 Å². The third-order valence-electron chi connectivity index (χ3n) is 7.83. The first-order valence-corrected chi connectivity index (χ1v) is 11.4. The van der Waals surface area contributed by atoms with Gasteiger partial charge in [0, 0.05) is 11.3 Å². The molecule has 2 fully saturated rings. The lowest BCUT2D eigenvalue weighted by molar-refractivity contribution is -0.897. The van der Waals surface area contributed by atoms with Crippen LogP contribution >= 0.6 is 0 Å². The summed E-state index contributed by atoms with van der Waals surface area (Å²) in [5.41, 5.74) is 2.51. The lowest BCUT2D eigenvalue weighted by atomic mass is 9.56. The van der Waals surface area contributed by atoms with Crippen LogP contribution in [0.1, 0.15) is 51.7 Å². The second-order valence-electron chi connectivity index (χ2n) is 9.54. The fourth-order valence-electron chi connectivity index (χ4n) is 5.90. The molecule has 2 heterocycles. The first-order valence-electron chi connectivity index (χ1n) is 11.4. The lowest BCUT2D eigenvalue weighted by Crippen LogP contribution is -3.13. The highest BCUT2D eigenvalue weighted by atomic mass is 16.5. The summed E-state index contributed by atoms with van der Waals surface area (Å²) in [5.74, 6) is 1.01. The number of hydrogen-bond acceptors (Lipinski definition) is 3. The van der Waals surface area contributed by atoms with Crippen LogP contribution in [-0.4, -0.2) is 38.8 Å². The van der Waals surface area contributed by atoms with Crippen molar-refractivity contribution >= 4 is 5.97 Å². The summed E-state index contributed by atoms with van der Waals surface area (Å²) in [5, 5.41) is 0. The number of hydrogen-bond donors (Lipinski definition) is 1. The Bertz CT molecular complexity index is 740. The molecular formula is C25H36NO3+. The Labute approximate surface area is 175 Å². The first-order chi connectivity index (χ1) is 14.0. The van der Waals surface area contributed by atoms with Crippen molar-refractivity contribution in [3.8, 4) is 0 Å². The second kappa shape index (κ2) is 8.61. The van der Waals surface area contributed by atoms with Gasteiger partial charge < -0.3 is 14.4 Å². The molecule has 2 saturated heterocycles. The van der Waals surface area contributed by atoms with Gasteiger partial charge in [0.25, 0.3) is 0 Å². The van der Waals surface area contributed by atoms with Crippen molar-refractivity contribution in [2.75, 3.05) is 32.8 Å². The van der Waals surface area contributed by atoms with Gasteiger partial charge in [-0.15, -0.1) is 0 Å². The SMILES string of the molecule is CC1=C[C@H](C)[C@]2(COC(=O)C[NH+]3CCCCC3)CO[C@H](c3ccccc3)[C@@H]1[C@H]2C. The number of quaternary nitrogens is 1. The standard InChI is InChI=1S/C25H35NO3/c1-18-14-19(2)25(16-28-22(27)15-26-12-8-5-9-13-26)17-29-24(23(18)20(25)3)21-10-6-4-7-11-21/h4,6-7,10-11,14,19-20,23-24H,5,8-9,12-13,15-17H2,1-3H3/p+1/t19-,20+,23-,24+,25-/m0/s1. The molecule has 2 bridgehead atoms. The summed E-state index contributed by atoms with van der Waals surface area (Å²) in [6, 6.07) is 10.5. The second-order valence-corrected chi connectivity index (χ2v) is 9.54. The van der Waals surface area contributed by atoms with Crippen molar-refractivity contribution in [1.82, 2.24) is 0 Å². The van der Waals surface area contributed by atoms with E-state index in [1.807, 2.05) is 0 Å². The van der Waals surface area contributed by atoms with Crippen molar-refractivity contribution in [3.05, 3.63) is 47.5 Å². The molecule has 0 aromatic heterocycles. The Morgan fingerprint density at radius 1 is 1.17 bits per heavy atom. The number of carbonyl (C=O) groups excluding carboxylic acids is 1. The van der Waals surface area contributed by atoms with E-state index in [0.29, 0.717) is 37.5 Å². The van der Waals surface area contributed by atoms with E-state index < -0.39 is 0 Å². The van der Waals surface area contributed by atoms with Gasteiger partial charge in [0.15, 0.2) is 6.54 Å². The van der Waals surface area contributed by atoms with E-state index in [9.17, 15) is 4.79 Å². The topological polar surface area (TPSA) is 40.0 Å². The molecule has 5 atom stereocenters. The minimum atomic E-state index is -0.137. The summed E-state index contributed by atoms with van der Waals surface area (Å²) in [6.07, 6.45) is 6.22. The maximum atomic E-state index is 12.6. The van der Waals surface area contributed by atoms with Gasteiger partial charge in [0.2, 0.25) is 0 Å². The normalized spacial score (nSPS) is 35.1. The smallest absolute Gasteiger partial charge is 0.361 e. The van der Waals surface area contributed by atoms with E-state index in [2.05, 4.69) is 57.2 Å². The molecule has 4 rings (SSSR count). The Morgan fingerprint density at radius 3 is 2.62 bits per heavy atom. The van der Waals surface area contributed by atoms with Crippen molar-refractivity contribution in [1.29, 1.82) is 0 Å². The average Bonchev–Trinajstić information content (AvgIpc) is 2.73. The van der Waals surface area contributed by atoms with Crippen LogP contribution in [0.2, 0.25) is 0 Å². The first kappa shape index (κ1) is 20.6. The summed E-state index contributed by atoms with van der Waals surface area (Å²) in [7, 11) is 0. The minimum absolute atomic E-state index is 0.0521. The molecule has 0 saturated carbocycles. The number of ether oxygens (including phenoxy) is 2. The molecule has 2 aliphatic heterocycles. The Hall–Kier alpha value is -1.65. The van der Waals surface area contributed by atoms with E-state index in [-0.39, 0.29) is 17.5 Å². The number of allylic oxidation sites excluding steroid dienone is 1. The van der Waals surface area contributed by atoms with Gasteiger partial charge in [0.05, 0.1) is 25.8 Å². The number of rotatable bonds is 5. The number of esters is 1. The average molecular weight is 399 g/mol. The van der Waals surface area contributed by atoms with Gasteiger partial charge in [-0.2, -0.15) is 0 Å². The third-order valence-corrected chi connectivity index (χ3v) is 7.83. The van der Waals surface area contributed by atoms with Crippen molar-refractivity contribution in [3.63, 3.8) is 0 Å². The van der Waals surface area contributed by atoms with E-state index in [1.165, 1.54) is 35.3 Å². The van der Waals surface area contributed by atoms with Crippen LogP contribution in [0, 0.1) is 23.2 Å².